The van der Waals surface area contributed by atoms with Crippen LogP contribution in [0.5, 0.6) is 5.75 Å². The number of aromatic hydroxyl groups is 1. The van der Waals surface area contributed by atoms with Crippen molar-refractivity contribution < 1.29 is 19.4 Å². The molecule has 1 aromatic carbocycles. The number of carboxylic acids is 1. The Hall–Kier alpha value is -2.30. The zero-order chi connectivity index (χ0) is 11.5. The van der Waals surface area contributed by atoms with Crippen LogP contribution >= 0.6 is 0 Å². The number of nitrogens with zero attached hydrogens (tertiary/aromatic N) is 1. The van der Waals surface area contributed by atoms with E-state index in [1.807, 2.05) is 0 Å². The van der Waals surface area contributed by atoms with Gasteiger partial charge >= 0.3 is 5.97 Å². The summed E-state index contributed by atoms with van der Waals surface area (Å²) in [4.78, 5) is 14.5. The molecule has 0 saturated heterocycles. The zero-order valence-corrected chi connectivity index (χ0v) is 8.25. The van der Waals surface area contributed by atoms with Crippen LogP contribution in [-0.2, 0) is 11.2 Å². The lowest BCUT2D eigenvalue weighted by molar-refractivity contribution is -0.136. The first-order valence-corrected chi connectivity index (χ1v) is 4.61. The SMILES string of the molecule is O=C(O)Cc1coc(-c2cccc(O)c2)n1. The van der Waals surface area contributed by atoms with Crippen LogP contribution in [0.15, 0.2) is 34.9 Å². The predicted octanol–water partition coefficient (Wildman–Crippen LogP) is 1.67. The molecule has 0 spiro atoms. The molecule has 16 heavy (non-hydrogen) atoms. The summed E-state index contributed by atoms with van der Waals surface area (Å²) < 4.78 is 5.12. The molecule has 0 saturated carbocycles. The molecule has 82 valence electrons. The number of phenolic OH excluding ortho intramolecular Hbond substituents is 1. The highest BCUT2D eigenvalue weighted by atomic mass is 16.4. The third-order valence-corrected chi connectivity index (χ3v) is 1.98. The second-order valence-corrected chi connectivity index (χ2v) is 3.26. The molecule has 0 aliphatic rings. The lowest BCUT2D eigenvalue weighted by Gasteiger charge is -1.95. The third kappa shape index (κ3) is 2.20. The average Bonchev–Trinajstić information content (AvgIpc) is 2.65. The van der Waals surface area contributed by atoms with Crippen LogP contribution in [0.25, 0.3) is 11.5 Å². The Morgan fingerprint density at radius 1 is 1.44 bits per heavy atom. The van der Waals surface area contributed by atoms with Gasteiger partial charge < -0.3 is 14.6 Å². The normalized spacial score (nSPS) is 10.2. The van der Waals surface area contributed by atoms with Gasteiger partial charge in [0.2, 0.25) is 5.89 Å². The number of carbonyl (C=O) groups is 1. The quantitative estimate of drug-likeness (QED) is 0.820. The lowest BCUT2D eigenvalue weighted by Crippen LogP contribution is -1.99. The molecule has 1 heterocycles. The molecule has 2 rings (SSSR count). The molecule has 0 fully saturated rings. The van der Waals surface area contributed by atoms with Crippen molar-refractivity contribution >= 4 is 5.97 Å². The summed E-state index contributed by atoms with van der Waals surface area (Å²) in [6.07, 6.45) is 1.12. The van der Waals surface area contributed by atoms with E-state index in [1.165, 1.54) is 18.4 Å². The van der Waals surface area contributed by atoms with Crippen LogP contribution in [0.3, 0.4) is 0 Å². The van der Waals surface area contributed by atoms with Gasteiger partial charge in [0.25, 0.3) is 0 Å². The van der Waals surface area contributed by atoms with Gasteiger partial charge in [0.15, 0.2) is 0 Å². The van der Waals surface area contributed by atoms with E-state index >= 15 is 0 Å². The van der Waals surface area contributed by atoms with Crippen LogP contribution in [0.4, 0.5) is 0 Å². The minimum absolute atomic E-state index is 0.107. The van der Waals surface area contributed by atoms with Gasteiger partial charge in [0.1, 0.15) is 12.0 Å². The molecule has 0 aliphatic heterocycles. The summed E-state index contributed by atoms with van der Waals surface area (Å²) in [6, 6.07) is 6.41. The van der Waals surface area contributed by atoms with Gasteiger partial charge in [-0.3, -0.25) is 4.79 Å². The molecule has 2 N–H and O–H groups in total. The highest BCUT2D eigenvalue weighted by Gasteiger charge is 2.09. The van der Waals surface area contributed by atoms with Gasteiger partial charge in [-0.15, -0.1) is 0 Å². The van der Waals surface area contributed by atoms with Crippen molar-refractivity contribution in [3.63, 3.8) is 0 Å². The number of benzene rings is 1. The Morgan fingerprint density at radius 2 is 2.25 bits per heavy atom. The second-order valence-electron chi connectivity index (χ2n) is 3.26. The maximum Gasteiger partial charge on any atom is 0.309 e. The molecule has 5 nitrogen and oxygen atoms in total. The number of oxazole rings is 1. The predicted molar refractivity (Wildman–Crippen MR) is 54.9 cm³/mol. The van der Waals surface area contributed by atoms with E-state index in [0.29, 0.717) is 17.1 Å². The number of rotatable bonds is 3. The van der Waals surface area contributed by atoms with E-state index in [-0.39, 0.29) is 12.2 Å². The Kier molecular flexibility index (Phi) is 2.59. The Balaban J connectivity index is 2.28. The zero-order valence-electron chi connectivity index (χ0n) is 8.25. The first kappa shape index (κ1) is 10.2. The van der Waals surface area contributed by atoms with E-state index < -0.39 is 5.97 Å². The highest BCUT2D eigenvalue weighted by Crippen LogP contribution is 2.22. The number of aromatic nitrogens is 1. The number of carboxylic acid groups (broad SMARTS) is 1. The Bertz CT molecular complexity index is 518. The van der Waals surface area contributed by atoms with Crippen molar-refractivity contribution in [1.29, 1.82) is 0 Å². The fraction of sp³-hybridized carbons (Fsp3) is 0.0909. The minimum atomic E-state index is -0.962. The molecule has 2 aromatic rings. The third-order valence-electron chi connectivity index (χ3n) is 1.98. The van der Waals surface area contributed by atoms with Gasteiger partial charge in [0.05, 0.1) is 12.1 Å². The van der Waals surface area contributed by atoms with E-state index in [9.17, 15) is 9.90 Å². The molecule has 0 bridgehead atoms. The molecule has 1 aromatic heterocycles. The van der Waals surface area contributed by atoms with Crippen molar-refractivity contribution in [1.82, 2.24) is 4.98 Å². The van der Waals surface area contributed by atoms with Gasteiger partial charge in [-0.1, -0.05) is 6.07 Å². The summed E-state index contributed by atoms with van der Waals surface area (Å²) in [5.74, 6) is -0.557. The molecule has 0 aliphatic carbocycles. The van der Waals surface area contributed by atoms with Gasteiger partial charge in [-0.25, -0.2) is 4.98 Å². The van der Waals surface area contributed by atoms with Crippen molar-refractivity contribution in [2.75, 3.05) is 0 Å². The maximum absolute atomic E-state index is 10.4. The van der Waals surface area contributed by atoms with Crippen molar-refractivity contribution in [3.8, 4) is 17.2 Å². The topological polar surface area (TPSA) is 83.6 Å². The molecule has 0 radical (unpaired) electrons. The van der Waals surface area contributed by atoms with Crippen LogP contribution in [0.2, 0.25) is 0 Å². The van der Waals surface area contributed by atoms with E-state index in [2.05, 4.69) is 4.98 Å². The number of phenols is 1. The monoisotopic (exact) mass is 219 g/mol. The molecule has 5 heteroatoms. The van der Waals surface area contributed by atoms with Crippen molar-refractivity contribution in [2.45, 2.75) is 6.42 Å². The highest BCUT2D eigenvalue weighted by molar-refractivity contribution is 5.69. The van der Waals surface area contributed by atoms with Crippen LogP contribution in [0.1, 0.15) is 5.69 Å². The van der Waals surface area contributed by atoms with Crippen LogP contribution in [-0.4, -0.2) is 21.2 Å². The summed E-state index contributed by atoms with van der Waals surface area (Å²) in [7, 11) is 0. The van der Waals surface area contributed by atoms with E-state index in [4.69, 9.17) is 9.52 Å². The van der Waals surface area contributed by atoms with Crippen molar-refractivity contribution in [3.05, 3.63) is 36.2 Å². The van der Waals surface area contributed by atoms with E-state index in [1.54, 1.807) is 12.1 Å². The first-order chi connectivity index (χ1) is 7.65. The first-order valence-electron chi connectivity index (χ1n) is 4.61. The Labute approximate surface area is 91.0 Å². The van der Waals surface area contributed by atoms with Gasteiger partial charge in [0, 0.05) is 5.56 Å². The van der Waals surface area contributed by atoms with Crippen LogP contribution in [0, 0.1) is 0 Å². The summed E-state index contributed by atoms with van der Waals surface area (Å²) >= 11 is 0. The van der Waals surface area contributed by atoms with Crippen LogP contribution < -0.4 is 0 Å². The number of hydrogen-bond donors (Lipinski definition) is 2. The molecular weight excluding hydrogens is 210 g/mol. The summed E-state index contributed by atoms with van der Waals surface area (Å²) in [6.45, 7) is 0. The smallest absolute Gasteiger partial charge is 0.309 e. The number of hydrogen-bond acceptors (Lipinski definition) is 4. The number of aliphatic carboxylic acids is 1. The second kappa shape index (κ2) is 4.06. The van der Waals surface area contributed by atoms with Gasteiger partial charge in [-0.05, 0) is 18.2 Å². The van der Waals surface area contributed by atoms with Gasteiger partial charge in [-0.2, -0.15) is 0 Å². The Morgan fingerprint density at radius 3 is 2.94 bits per heavy atom. The van der Waals surface area contributed by atoms with E-state index in [0.717, 1.165) is 0 Å². The summed E-state index contributed by atoms with van der Waals surface area (Å²) in [5, 5.41) is 17.8. The average molecular weight is 219 g/mol. The summed E-state index contributed by atoms with van der Waals surface area (Å²) in [5.41, 5.74) is 0.961. The molecular formula is C11H9NO4. The lowest BCUT2D eigenvalue weighted by atomic mass is 10.2. The molecule has 0 amide bonds. The standard InChI is InChI=1S/C11H9NO4/c13-9-3-1-2-7(4-9)11-12-8(6-16-11)5-10(14)15/h1-4,6,13H,5H2,(H,14,15). The molecule has 0 atom stereocenters. The van der Waals surface area contributed by atoms with Crippen molar-refractivity contribution in [2.24, 2.45) is 0 Å². The largest absolute Gasteiger partial charge is 0.508 e. The fourth-order valence-electron chi connectivity index (χ4n) is 1.31. The molecule has 0 unspecified atom stereocenters. The fourth-order valence-corrected chi connectivity index (χ4v) is 1.31. The maximum atomic E-state index is 10.4. The minimum Gasteiger partial charge on any atom is -0.508 e.